The minimum absolute atomic E-state index is 0.0138. The Morgan fingerprint density at radius 1 is 1.33 bits per heavy atom. The van der Waals surface area contributed by atoms with Gasteiger partial charge in [-0.25, -0.2) is 0 Å². The van der Waals surface area contributed by atoms with Gasteiger partial charge in [-0.3, -0.25) is 9.59 Å². The molecule has 0 bridgehead atoms. The summed E-state index contributed by atoms with van der Waals surface area (Å²) in [5.74, 6) is -0.611. The molecule has 2 unspecified atom stereocenters. The third-order valence-corrected chi connectivity index (χ3v) is 3.76. The highest BCUT2D eigenvalue weighted by Gasteiger charge is 2.53. The molecule has 2 atom stereocenters. The van der Waals surface area contributed by atoms with Gasteiger partial charge >= 0.3 is 5.97 Å². The quantitative estimate of drug-likeness (QED) is 0.666. The van der Waals surface area contributed by atoms with Crippen LogP contribution in [0.2, 0.25) is 0 Å². The molecule has 1 spiro atoms. The summed E-state index contributed by atoms with van der Waals surface area (Å²) in [7, 11) is 0. The van der Waals surface area contributed by atoms with Crippen LogP contribution in [0, 0.1) is 11.3 Å². The zero-order valence-electron chi connectivity index (χ0n) is 11.3. The van der Waals surface area contributed by atoms with E-state index in [9.17, 15) is 9.59 Å². The summed E-state index contributed by atoms with van der Waals surface area (Å²) >= 11 is 0. The molecule has 2 rings (SSSR count). The summed E-state index contributed by atoms with van der Waals surface area (Å²) in [5, 5.41) is 6.05. The van der Waals surface area contributed by atoms with E-state index in [-0.39, 0.29) is 17.8 Å². The minimum atomic E-state index is -0.548. The Morgan fingerprint density at radius 3 is 2.56 bits per heavy atom. The summed E-state index contributed by atoms with van der Waals surface area (Å²) in [4.78, 5) is 24.4. The second-order valence-corrected chi connectivity index (χ2v) is 6.20. The van der Waals surface area contributed by atoms with Crippen molar-refractivity contribution in [3.63, 3.8) is 0 Å². The first-order valence-corrected chi connectivity index (χ1v) is 6.57. The van der Waals surface area contributed by atoms with Gasteiger partial charge in [0.05, 0.1) is 11.3 Å². The fourth-order valence-corrected chi connectivity index (χ4v) is 2.87. The average Bonchev–Trinajstić information content (AvgIpc) is 2.59. The molecular weight excluding hydrogens is 232 g/mol. The Balaban J connectivity index is 2.18. The maximum Gasteiger partial charge on any atom is 0.311 e. The number of nitrogens with one attached hydrogen (secondary N) is 2. The maximum absolute atomic E-state index is 12.3. The number of piperidine rings is 1. The van der Waals surface area contributed by atoms with E-state index in [1.54, 1.807) is 0 Å². The fourth-order valence-electron chi connectivity index (χ4n) is 2.87. The molecule has 2 aliphatic rings. The zero-order chi connectivity index (χ0) is 13.4. The summed E-state index contributed by atoms with van der Waals surface area (Å²) in [5.41, 5.74) is -1.06. The van der Waals surface area contributed by atoms with Crippen molar-refractivity contribution in [2.45, 2.75) is 39.2 Å². The smallest absolute Gasteiger partial charge is 0.311 e. The topological polar surface area (TPSA) is 67.4 Å². The van der Waals surface area contributed by atoms with E-state index < -0.39 is 11.0 Å². The van der Waals surface area contributed by atoms with Crippen LogP contribution < -0.4 is 10.6 Å². The SMILES string of the molecule is CC(C)(C)OC(=O)C1CNCCC12CCNC2=O. The van der Waals surface area contributed by atoms with Crippen LogP contribution in [0.3, 0.4) is 0 Å². The first-order chi connectivity index (χ1) is 8.35. The summed E-state index contributed by atoms with van der Waals surface area (Å²) in [6, 6.07) is 0. The molecule has 5 heteroatoms. The lowest BCUT2D eigenvalue weighted by Crippen LogP contribution is -2.53. The summed E-state index contributed by atoms with van der Waals surface area (Å²) < 4.78 is 5.45. The van der Waals surface area contributed by atoms with Crippen molar-refractivity contribution in [3.8, 4) is 0 Å². The lowest BCUT2D eigenvalue weighted by atomic mass is 9.69. The second kappa shape index (κ2) is 4.53. The number of carbonyl (C=O) groups is 2. The van der Waals surface area contributed by atoms with Crippen molar-refractivity contribution in [1.29, 1.82) is 0 Å². The van der Waals surface area contributed by atoms with E-state index in [0.29, 0.717) is 19.5 Å². The van der Waals surface area contributed by atoms with Crippen molar-refractivity contribution in [1.82, 2.24) is 10.6 Å². The Morgan fingerprint density at radius 2 is 2.00 bits per heavy atom. The highest BCUT2D eigenvalue weighted by molar-refractivity contribution is 5.90. The van der Waals surface area contributed by atoms with E-state index in [2.05, 4.69) is 10.6 Å². The highest BCUT2D eigenvalue weighted by Crippen LogP contribution is 2.41. The predicted molar refractivity (Wildman–Crippen MR) is 66.9 cm³/mol. The van der Waals surface area contributed by atoms with Gasteiger partial charge < -0.3 is 15.4 Å². The van der Waals surface area contributed by atoms with Crippen LogP contribution in [-0.2, 0) is 14.3 Å². The van der Waals surface area contributed by atoms with Crippen LogP contribution in [0.25, 0.3) is 0 Å². The third-order valence-electron chi connectivity index (χ3n) is 3.76. The molecule has 5 nitrogen and oxygen atoms in total. The van der Waals surface area contributed by atoms with Crippen LogP contribution in [0.5, 0.6) is 0 Å². The van der Waals surface area contributed by atoms with Crippen molar-refractivity contribution < 1.29 is 14.3 Å². The largest absolute Gasteiger partial charge is 0.460 e. The van der Waals surface area contributed by atoms with Gasteiger partial charge in [0.25, 0.3) is 0 Å². The highest BCUT2D eigenvalue weighted by atomic mass is 16.6. The van der Waals surface area contributed by atoms with E-state index in [1.165, 1.54) is 0 Å². The Bertz CT molecular complexity index is 362. The van der Waals surface area contributed by atoms with Crippen molar-refractivity contribution in [3.05, 3.63) is 0 Å². The molecule has 0 saturated carbocycles. The molecule has 2 heterocycles. The monoisotopic (exact) mass is 254 g/mol. The van der Waals surface area contributed by atoms with Crippen LogP contribution in [-0.4, -0.2) is 37.1 Å². The van der Waals surface area contributed by atoms with Gasteiger partial charge in [-0.05, 0) is 40.2 Å². The van der Waals surface area contributed by atoms with Gasteiger partial charge in [-0.15, -0.1) is 0 Å². The average molecular weight is 254 g/mol. The number of ether oxygens (including phenoxy) is 1. The number of hydrogen-bond acceptors (Lipinski definition) is 4. The van der Waals surface area contributed by atoms with Gasteiger partial charge in [0, 0.05) is 13.1 Å². The number of amides is 1. The van der Waals surface area contributed by atoms with Gasteiger partial charge in [0.1, 0.15) is 5.60 Å². The molecule has 18 heavy (non-hydrogen) atoms. The zero-order valence-corrected chi connectivity index (χ0v) is 11.3. The third kappa shape index (κ3) is 2.36. The van der Waals surface area contributed by atoms with Gasteiger partial charge in [0.15, 0.2) is 0 Å². The van der Waals surface area contributed by atoms with Gasteiger partial charge in [0.2, 0.25) is 5.91 Å². The number of rotatable bonds is 1. The van der Waals surface area contributed by atoms with Gasteiger partial charge in [-0.2, -0.15) is 0 Å². The molecule has 0 radical (unpaired) electrons. The number of hydrogen-bond donors (Lipinski definition) is 2. The van der Waals surface area contributed by atoms with Crippen molar-refractivity contribution in [2.24, 2.45) is 11.3 Å². The predicted octanol–water partition coefficient (Wildman–Crippen LogP) is 0.444. The van der Waals surface area contributed by atoms with Crippen LogP contribution in [0.1, 0.15) is 33.6 Å². The van der Waals surface area contributed by atoms with E-state index in [4.69, 9.17) is 4.74 Å². The van der Waals surface area contributed by atoms with Crippen molar-refractivity contribution in [2.75, 3.05) is 19.6 Å². The lowest BCUT2D eigenvalue weighted by molar-refractivity contribution is -0.168. The molecule has 0 aromatic heterocycles. The lowest BCUT2D eigenvalue weighted by Gasteiger charge is -2.38. The molecule has 0 aliphatic carbocycles. The fraction of sp³-hybridized carbons (Fsp3) is 0.846. The van der Waals surface area contributed by atoms with E-state index in [0.717, 1.165) is 13.0 Å². The molecule has 2 fully saturated rings. The molecule has 1 amide bonds. The van der Waals surface area contributed by atoms with E-state index in [1.807, 2.05) is 20.8 Å². The maximum atomic E-state index is 12.3. The first kappa shape index (κ1) is 13.3. The molecule has 2 aliphatic heterocycles. The van der Waals surface area contributed by atoms with E-state index >= 15 is 0 Å². The number of carbonyl (C=O) groups excluding carboxylic acids is 2. The molecule has 2 saturated heterocycles. The van der Waals surface area contributed by atoms with Crippen LogP contribution in [0.4, 0.5) is 0 Å². The Kier molecular flexibility index (Phi) is 3.36. The molecule has 0 aromatic rings. The molecular formula is C13H22N2O3. The Hall–Kier alpha value is -1.10. The number of esters is 1. The van der Waals surface area contributed by atoms with Gasteiger partial charge in [-0.1, -0.05) is 0 Å². The summed E-state index contributed by atoms with van der Waals surface area (Å²) in [6.07, 6.45) is 1.44. The van der Waals surface area contributed by atoms with Crippen molar-refractivity contribution >= 4 is 11.9 Å². The second-order valence-electron chi connectivity index (χ2n) is 6.20. The van der Waals surface area contributed by atoms with Crippen LogP contribution >= 0.6 is 0 Å². The molecule has 102 valence electrons. The standard InChI is InChI=1S/C13H22N2O3/c1-12(2,3)18-10(16)9-8-14-6-4-13(9)5-7-15-11(13)17/h9,14H,4-8H2,1-3H3,(H,15,17). The normalized spacial score (nSPS) is 32.4. The Labute approximate surface area is 108 Å². The minimum Gasteiger partial charge on any atom is -0.460 e. The molecule has 2 N–H and O–H groups in total. The van der Waals surface area contributed by atoms with Crippen LogP contribution in [0.15, 0.2) is 0 Å². The first-order valence-electron chi connectivity index (χ1n) is 6.57. The molecule has 0 aromatic carbocycles. The summed E-state index contributed by atoms with van der Waals surface area (Å²) in [6.45, 7) is 7.53.